The molecule has 10 atom stereocenters. The van der Waals surface area contributed by atoms with Gasteiger partial charge in [0.25, 0.3) is 0 Å². The van der Waals surface area contributed by atoms with Crippen LogP contribution in [0.25, 0.3) is 0 Å². The molecule has 160 valence electrons. The first-order chi connectivity index (χ1) is 12.7. The fraction of sp³-hybridized carbons (Fsp3) is 1.00. The molecule has 2 saturated heterocycles. The highest BCUT2D eigenvalue weighted by molar-refractivity contribution is 4.90. The Hall–Kier alpha value is -0.440. The van der Waals surface area contributed by atoms with E-state index < -0.39 is 61.3 Å². The van der Waals surface area contributed by atoms with Gasteiger partial charge in [-0.25, -0.2) is 0 Å². The van der Waals surface area contributed by atoms with Gasteiger partial charge in [0.05, 0.1) is 12.2 Å². The number of ether oxygens (including phenoxy) is 2. The smallest absolute Gasteiger partial charge is 0.137 e. The van der Waals surface area contributed by atoms with Crippen LogP contribution in [0.15, 0.2) is 0 Å². The SMILES string of the molecule is C[C@@H]1OC(NCCNCCNC2O[C@@H](C)[C@@H](O)[C@@H](O)[C@@H]2O)[C@@H](O)[C@H](O)[C@@H]1O. The molecule has 0 amide bonds. The molecule has 0 saturated carbocycles. The van der Waals surface area contributed by atoms with Crippen LogP contribution in [0.2, 0.25) is 0 Å². The van der Waals surface area contributed by atoms with Gasteiger partial charge in [0.1, 0.15) is 49.1 Å². The van der Waals surface area contributed by atoms with E-state index in [1.54, 1.807) is 13.8 Å². The summed E-state index contributed by atoms with van der Waals surface area (Å²) in [5.74, 6) is 0. The Balaban J connectivity index is 1.57. The molecule has 0 aromatic rings. The minimum atomic E-state index is -1.26. The summed E-state index contributed by atoms with van der Waals surface area (Å²) in [5, 5.41) is 67.6. The molecule has 2 aliphatic rings. The Morgan fingerprint density at radius 2 is 0.926 bits per heavy atom. The van der Waals surface area contributed by atoms with Crippen molar-refractivity contribution in [2.24, 2.45) is 0 Å². The number of aliphatic hydroxyl groups is 6. The van der Waals surface area contributed by atoms with Gasteiger partial charge in [0.2, 0.25) is 0 Å². The van der Waals surface area contributed by atoms with E-state index in [9.17, 15) is 30.6 Å². The van der Waals surface area contributed by atoms with E-state index in [0.717, 1.165) is 0 Å². The average molecular weight is 395 g/mol. The van der Waals surface area contributed by atoms with Crippen LogP contribution in [0.1, 0.15) is 13.8 Å². The fourth-order valence-electron chi connectivity index (χ4n) is 3.17. The summed E-state index contributed by atoms with van der Waals surface area (Å²) < 4.78 is 10.9. The number of aliphatic hydroxyl groups excluding tert-OH is 6. The van der Waals surface area contributed by atoms with Crippen LogP contribution >= 0.6 is 0 Å². The van der Waals surface area contributed by atoms with E-state index in [0.29, 0.717) is 26.2 Å². The van der Waals surface area contributed by atoms with Crippen molar-refractivity contribution in [1.29, 1.82) is 0 Å². The van der Waals surface area contributed by atoms with Crippen LogP contribution < -0.4 is 16.0 Å². The summed E-state index contributed by atoms with van der Waals surface area (Å²) in [6.45, 7) is 5.26. The lowest BCUT2D eigenvalue weighted by Gasteiger charge is -2.39. The van der Waals surface area contributed by atoms with Gasteiger partial charge in [-0.1, -0.05) is 0 Å². The van der Waals surface area contributed by atoms with Crippen molar-refractivity contribution >= 4 is 0 Å². The molecule has 27 heavy (non-hydrogen) atoms. The molecule has 0 aliphatic carbocycles. The lowest BCUT2D eigenvalue weighted by Crippen LogP contribution is -2.61. The van der Waals surface area contributed by atoms with Crippen LogP contribution in [-0.2, 0) is 9.47 Å². The van der Waals surface area contributed by atoms with Crippen molar-refractivity contribution in [2.75, 3.05) is 26.2 Å². The zero-order valence-corrected chi connectivity index (χ0v) is 15.6. The van der Waals surface area contributed by atoms with Crippen molar-refractivity contribution in [3.05, 3.63) is 0 Å². The Morgan fingerprint density at radius 1 is 0.556 bits per heavy atom. The summed E-state index contributed by atoms with van der Waals surface area (Å²) in [4.78, 5) is 0. The summed E-state index contributed by atoms with van der Waals surface area (Å²) in [6.07, 6.45) is -9.91. The predicted molar refractivity (Wildman–Crippen MR) is 93.6 cm³/mol. The molecule has 9 N–H and O–H groups in total. The Kier molecular flexibility index (Phi) is 8.77. The van der Waals surface area contributed by atoms with Gasteiger partial charge in [-0.05, 0) is 13.8 Å². The van der Waals surface area contributed by atoms with Crippen molar-refractivity contribution in [3.63, 3.8) is 0 Å². The highest BCUT2D eigenvalue weighted by Crippen LogP contribution is 2.20. The Morgan fingerprint density at radius 3 is 1.30 bits per heavy atom. The quantitative estimate of drug-likeness (QED) is 0.181. The monoisotopic (exact) mass is 395 g/mol. The molecule has 11 nitrogen and oxygen atoms in total. The van der Waals surface area contributed by atoms with Crippen LogP contribution in [0.4, 0.5) is 0 Å². The van der Waals surface area contributed by atoms with Gasteiger partial charge >= 0.3 is 0 Å². The van der Waals surface area contributed by atoms with Gasteiger partial charge in [-0.3, -0.25) is 10.6 Å². The molecule has 0 spiro atoms. The van der Waals surface area contributed by atoms with Crippen LogP contribution in [0.5, 0.6) is 0 Å². The summed E-state index contributed by atoms with van der Waals surface area (Å²) in [5.41, 5.74) is 0. The zero-order valence-electron chi connectivity index (χ0n) is 15.6. The van der Waals surface area contributed by atoms with E-state index in [1.807, 2.05) is 0 Å². The van der Waals surface area contributed by atoms with Crippen molar-refractivity contribution < 1.29 is 40.1 Å². The minimum absolute atomic E-state index is 0.460. The summed E-state index contributed by atoms with van der Waals surface area (Å²) in [6, 6.07) is 0. The second-order valence-electron chi connectivity index (χ2n) is 7.13. The van der Waals surface area contributed by atoms with Crippen molar-refractivity contribution in [3.8, 4) is 0 Å². The molecule has 2 unspecified atom stereocenters. The average Bonchev–Trinajstić information content (AvgIpc) is 2.65. The molecule has 2 heterocycles. The third-order valence-corrected chi connectivity index (χ3v) is 5.00. The van der Waals surface area contributed by atoms with Gasteiger partial charge in [0.15, 0.2) is 0 Å². The van der Waals surface area contributed by atoms with Crippen LogP contribution in [-0.4, -0.2) is 118 Å². The molecule has 11 heteroatoms. The molecule has 0 radical (unpaired) electrons. The van der Waals surface area contributed by atoms with Crippen LogP contribution in [0.3, 0.4) is 0 Å². The zero-order chi connectivity index (χ0) is 20.1. The van der Waals surface area contributed by atoms with Crippen LogP contribution in [0, 0.1) is 0 Å². The normalized spacial score (nSPS) is 45.8. The summed E-state index contributed by atoms with van der Waals surface area (Å²) in [7, 11) is 0. The topological polar surface area (TPSA) is 176 Å². The first-order valence-corrected chi connectivity index (χ1v) is 9.30. The second kappa shape index (κ2) is 10.4. The Bertz CT molecular complexity index is 410. The van der Waals surface area contributed by atoms with Gasteiger partial charge in [-0.15, -0.1) is 0 Å². The maximum atomic E-state index is 9.89. The van der Waals surface area contributed by atoms with E-state index >= 15 is 0 Å². The summed E-state index contributed by atoms with van der Waals surface area (Å²) >= 11 is 0. The maximum absolute atomic E-state index is 9.89. The Labute approximate surface area is 158 Å². The largest absolute Gasteiger partial charge is 0.388 e. The van der Waals surface area contributed by atoms with Crippen molar-refractivity contribution in [2.45, 2.75) is 75.1 Å². The molecule has 0 aromatic carbocycles. The van der Waals surface area contributed by atoms with E-state index in [4.69, 9.17) is 9.47 Å². The molecule has 2 aliphatic heterocycles. The van der Waals surface area contributed by atoms with E-state index in [-0.39, 0.29) is 0 Å². The minimum Gasteiger partial charge on any atom is -0.388 e. The molecule has 0 aromatic heterocycles. The highest BCUT2D eigenvalue weighted by atomic mass is 16.6. The number of hydrogen-bond acceptors (Lipinski definition) is 11. The molecular weight excluding hydrogens is 362 g/mol. The van der Waals surface area contributed by atoms with E-state index in [2.05, 4.69) is 16.0 Å². The van der Waals surface area contributed by atoms with Crippen molar-refractivity contribution in [1.82, 2.24) is 16.0 Å². The first kappa shape index (κ1) is 22.8. The lowest BCUT2D eigenvalue weighted by atomic mass is 9.99. The number of nitrogens with one attached hydrogen (secondary N) is 3. The predicted octanol–water partition coefficient (Wildman–Crippen LogP) is -4.59. The maximum Gasteiger partial charge on any atom is 0.137 e. The molecular formula is C16H33N3O8. The fourth-order valence-corrected chi connectivity index (χ4v) is 3.17. The lowest BCUT2D eigenvalue weighted by molar-refractivity contribution is -0.224. The highest BCUT2D eigenvalue weighted by Gasteiger charge is 2.42. The first-order valence-electron chi connectivity index (χ1n) is 9.30. The van der Waals surface area contributed by atoms with Gasteiger partial charge in [-0.2, -0.15) is 0 Å². The number of hydrogen-bond donors (Lipinski definition) is 9. The third kappa shape index (κ3) is 5.78. The molecule has 2 rings (SSSR count). The van der Waals surface area contributed by atoms with E-state index in [1.165, 1.54) is 0 Å². The molecule has 2 fully saturated rings. The standard InChI is InChI=1S/C16H33N3O8/c1-7-9(20)11(22)13(24)15(26-7)18-5-3-17-4-6-19-16-14(25)12(23)10(21)8(2)27-16/h7-25H,3-6H2,1-2H3/t7-,8-,9+,10+,11+,12+,13-,14-,15?,16?/m0/s1. The molecule has 0 bridgehead atoms. The number of rotatable bonds is 8. The van der Waals surface area contributed by atoms with Gasteiger partial charge in [0, 0.05) is 26.2 Å². The third-order valence-electron chi connectivity index (χ3n) is 5.00. The van der Waals surface area contributed by atoms with Gasteiger partial charge < -0.3 is 45.4 Å². The second-order valence-corrected chi connectivity index (χ2v) is 7.13.